The number of hydrogen-bond donors (Lipinski definition) is 3. The van der Waals surface area contributed by atoms with Crippen LogP contribution >= 0.6 is 11.8 Å². The first-order chi connectivity index (χ1) is 14.6. The standard InChI is InChI=1S/C21H18N2O5S2/c24-21(22-25)16(12-14-6-2-1-3-7-14)23(30(26)27)15-10-11-18-20(13-15)29-19-9-5-4-8-17(19)28-18/h1-11,13,16,25H,12H2,(H,22,24)(H,26,27). The Labute approximate surface area is 180 Å². The summed E-state index contributed by atoms with van der Waals surface area (Å²) >= 11 is -1.04. The Balaban J connectivity index is 1.70. The molecule has 7 nitrogen and oxygen atoms in total. The zero-order valence-corrected chi connectivity index (χ0v) is 17.2. The molecule has 0 radical (unpaired) electrons. The summed E-state index contributed by atoms with van der Waals surface area (Å²) in [6, 6.07) is 20.6. The van der Waals surface area contributed by atoms with Crippen LogP contribution in [0.15, 0.2) is 82.6 Å². The van der Waals surface area contributed by atoms with E-state index in [-0.39, 0.29) is 6.42 Å². The molecule has 0 spiro atoms. The Kier molecular flexibility index (Phi) is 6.05. The Morgan fingerprint density at radius 2 is 1.73 bits per heavy atom. The van der Waals surface area contributed by atoms with Gasteiger partial charge in [0.1, 0.15) is 17.5 Å². The van der Waals surface area contributed by atoms with Gasteiger partial charge in [-0.2, -0.15) is 0 Å². The Morgan fingerprint density at radius 3 is 2.47 bits per heavy atom. The first-order valence-corrected chi connectivity index (χ1v) is 10.9. The van der Waals surface area contributed by atoms with E-state index in [9.17, 15) is 18.8 Å². The largest absolute Gasteiger partial charge is 0.455 e. The fourth-order valence-electron chi connectivity index (χ4n) is 3.23. The van der Waals surface area contributed by atoms with E-state index in [2.05, 4.69) is 0 Å². The van der Waals surface area contributed by atoms with Crippen molar-refractivity contribution in [1.29, 1.82) is 0 Å². The Bertz CT molecular complexity index is 1090. The summed E-state index contributed by atoms with van der Waals surface area (Å²) in [6.45, 7) is 0. The van der Waals surface area contributed by atoms with E-state index in [0.29, 0.717) is 11.4 Å². The minimum atomic E-state index is -2.51. The summed E-state index contributed by atoms with van der Waals surface area (Å²) in [5.74, 6) is 0.581. The Hall–Kier alpha value is -2.85. The molecule has 2 atom stereocenters. The third-order valence-corrected chi connectivity index (χ3v) is 6.50. The molecule has 1 aliphatic heterocycles. The summed E-state index contributed by atoms with van der Waals surface area (Å²) in [4.78, 5) is 14.1. The highest BCUT2D eigenvalue weighted by Crippen LogP contribution is 2.48. The molecule has 9 heteroatoms. The summed E-state index contributed by atoms with van der Waals surface area (Å²) in [6.07, 6.45) is 0.128. The van der Waals surface area contributed by atoms with Gasteiger partial charge in [0, 0.05) is 6.42 Å². The van der Waals surface area contributed by atoms with Crippen LogP contribution in [-0.4, -0.2) is 25.9 Å². The number of anilines is 1. The van der Waals surface area contributed by atoms with Gasteiger partial charge in [0.05, 0.1) is 15.5 Å². The summed E-state index contributed by atoms with van der Waals surface area (Å²) in [5, 5.41) is 9.23. The fourth-order valence-corrected chi connectivity index (χ4v) is 4.89. The van der Waals surface area contributed by atoms with Gasteiger partial charge < -0.3 is 4.74 Å². The molecule has 4 rings (SSSR count). The molecule has 1 amide bonds. The predicted molar refractivity (Wildman–Crippen MR) is 114 cm³/mol. The molecule has 2 unspecified atom stereocenters. The molecule has 1 aliphatic rings. The van der Waals surface area contributed by atoms with Gasteiger partial charge in [0.25, 0.3) is 17.2 Å². The first kappa shape index (κ1) is 20.4. The molecule has 3 N–H and O–H groups in total. The number of ether oxygens (including phenoxy) is 1. The third-order valence-electron chi connectivity index (χ3n) is 4.61. The molecule has 0 aromatic heterocycles. The molecule has 1 heterocycles. The molecule has 154 valence electrons. The van der Waals surface area contributed by atoms with Crippen molar-refractivity contribution in [3.05, 3.63) is 78.4 Å². The van der Waals surface area contributed by atoms with E-state index in [0.717, 1.165) is 25.4 Å². The van der Waals surface area contributed by atoms with Crippen LogP contribution in [0.1, 0.15) is 5.56 Å². The maximum Gasteiger partial charge on any atom is 0.267 e. The van der Waals surface area contributed by atoms with Gasteiger partial charge in [-0.25, -0.2) is 9.69 Å². The smallest absolute Gasteiger partial charge is 0.267 e. The molecule has 0 saturated heterocycles. The van der Waals surface area contributed by atoms with Gasteiger partial charge in [0.2, 0.25) is 0 Å². The number of nitrogens with one attached hydrogen (secondary N) is 1. The SMILES string of the molecule is O=C(NO)C(Cc1ccccc1)N(c1ccc2c(c1)Sc1ccccc1O2)S(=O)O. The van der Waals surface area contributed by atoms with Crippen LogP contribution in [-0.2, 0) is 22.5 Å². The van der Waals surface area contributed by atoms with E-state index in [1.54, 1.807) is 23.7 Å². The van der Waals surface area contributed by atoms with E-state index in [1.807, 2.05) is 54.6 Å². The van der Waals surface area contributed by atoms with Crippen LogP contribution < -0.4 is 14.5 Å². The molecular formula is C21H18N2O5S2. The summed E-state index contributed by atoms with van der Waals surface area (Å²) < 4.78 is 29.2. The van der Waals surface area contributed by atoms with Crippen LogP contribution in [0.4, 0.5) is 5.69 Å². The molecule has 0 saturated carbocycles. The zero-order chi connectivity index (χ0) is 21.1. The zero-order valence-electron chi connectivity index (χ0n) is 15.6. The van der Waals surface area contributed by atoms with Crippen molar-refractivity contribution in [3.8, 4) is 11.5 Å². The number of carbonyl (C=O) groups excluding carboxylic acids is 1. The second-order valence-electron chi connectivity index (χ2n) is 6.52. The second kappa shape index (κ2) is 8.88. The first-order valence-electron chi connectivity index (χ1n) is 9.03. The van der Waals surface area contributed by atoms with Crippen molar-refractivity contribution in [2.75, 3.05) is 4.31 Å². The monoisotopic (exact) mass is 442 g/mol. The number of benzene rings is 3. The second-order valence-corrected chi connectivity index (χ2v) is 8.46. The molecule has 0 aliphatic carbocycles. The number of amides is 1. The lowest BCUT2D eigenvalue weighted by molar-refractivity contribution is -0.130. The summed E-state index contributed by atoms with van der Waals surface area (Å²) in [7, 11) is 0. The number of nitrogens with zero attached hydrogens (tertiary/aromatic N) is 1. The average molecular weight is 443 g/mol. The van der Waals surface area contributed by atoms with Crippen molar-refractivity contribution in [1.82, 2.24) is 5.48 Å². The van der Waals surface area contributed by atoms with Crippen molar-refractivity contribution in [2.45, 2.75) is 22.3 Å². The average Bonchev–Trinajstić information content (AvgIpc) is 2.77. The minimum Gasteiger partial charge on any atom is -0.455 e. The van der Waals surface area contributed by atoms with E-state index in [1.165, 1.54) is 11.8 Å². The highest BCUT2D eigenvalue weighted by Gasteiger charge is 2.31. The number of hydroxylamine groups is 1. The number of fused-ring (bicyclic) bond motifs is 2. The topological polar surface area (TPSA) is 99.1 Å². The van der Waals surface area contributed by atoms with Crippen molar-refractivity contribution >= 4 is 34.6 Å². The van der Waals surface area contributed by atoms with Gasteiger partial charge in [-0.05, 0) is 35.9 Å². The van der Waals surface area contributed by atoms with Crippen LogP contribution in [0.3, 0.4) is 0 Å². The maximum absolute atomic E-state index is 12.4. The fraction of sp³-hybridized carbons (Fsp3) is 0.0952. The van der Waals surface area contributed by atoms with Crippen LogP contribution in [0.25, 0.3) is 0 Å². The third kappa shape index (κ3) is 4.19. The highest BCUT2D eigenvalue weighted by molar-refractivity contribution is 7.99. The van der Waals surface area contributed by atoms with Crippen molar-refractivity contribution in [3.63, 3.8) is 0 Å². The lowest BCUT2D eigenvalue weighted by Gasteiger charge is -2.29. The lowest BCUT2D eigenvalue weighted by Crippen LogP contribution is -2.48. The molecule has 3 aromatic rings. The van der Waals surface area contributed by atoms with E-state index in [4.69, 9.17) is 4.74 Å². The number of hydrogen-bond acceptors (Lipinski definition) is 5. The van der Waals surface area contributed by atoms with Gasteiger partial charge >= 0.3 is 0 Å². The number of para-hydroxylation sites is 1. The van der Waals surface area contributed by atoms with E-state index >= 15 is 0 Å². The molecule has 0 bridgehead atoms. The minimum absolute atomic E-state index is 0.128. The van der Waals surface area contributed by atoms with Crippen LogP contribution in [0.5, 0.6) is 11.5 Å². The van der Waals surface area contributed by atoms with Gasteiger partial charge in [-0.1, -0.05) is 54.2 Å². The number of rotatable bonds is 6. The highest BCUT2D eigenvalue weighted by atomic mass is 32.2. The van der Waals surface area contributed by atoms with Crippen LogP contribution in [0, 0.1) is 0 Å². The maximum atomic E-state index is 12.4. The summed E-state index contributed by atoms with van der Waals surface area (Å²) in [5.41, 5.74) is 2.75. The lowest BCUT2D eigenvalue weighted by atomic mass is 10.0. The van der Waals surface area contributed by atoms with Crippen LogP contribution in [0.2, 0.25) is 0 Å². The Morgan fingerprint density at radius 1 is 1.03 bits per heavy atom. The molecule has 30 heavy (non-hydrogen) atoms. The predicted octanol–water partition coefficient (Wildman–Crippen LogP) is 4.00. The molecular weight excluding hydrogens is 424 g/mol. The van der Waals surface area contributed by atoms with Gasteiger partial charge in [0.15, 0.2) is 0 Å². The van der Waals surface area contributed by atoms with Crippen molar-refractivity contribution < 1.29 is 23.5 Å². The normalized spacial score (nSPS) is 13.9. The van der Waals surface area contributed by atoms with E-state index < -0.39 is 23.2 Å². The van der Waals surface area contributed by atoms with Gasteiger partial charge in [-0.3, -0.25) is 18.9 Å². The number of carbonyl (C=O) groups is 1. The quantitative estimate of drug-likeness (QED) is 0.237. The van der Waals surface area contributed by atoms with Gasteiger partial charge in [-0.15, -0.1) is 0 Å². The van der Waals surface area contributed by atoms with Crippen molar-refractivity contribution in [2.24, 2.45) is 0 Å². The molecule has 0 fully saturated rings. The molecule has 3 aromatic carbocycles.